The second-order valence-electron chi connectivity index (χ2n) is 4.42. The van der Waals surface area contributed by atoms with Crippen LogP contribution in [0.2, 0.25) is 0 Å². The Morgan fingerprint density at radius 2 is 2.39 bits per heavy atom. The minimum Gasteiger partial charge on any atom is -0.478 e. The Bertz CT molecular complexity index is 433. The molecule has 6 heteroatoms. The van der Waals surface area contributed by atoms with Crippen molar-refractivity contribution < 1.29 is 14.6 Å². The lowest BCUT2D eigenvalue weighted by molar-refractivity contribution is 0.0697. The number of nitrogens with two attached hydrogens (primary N) is 1. The van der Waals surface area contributed by atoms with Crippen LogP contribution in [0, 0.1) is 5.92 Å². The summed E-state index contributed by atoms with van der Waals surface area (Å²) in [4.78, 5) is 15.0. The third-order valence-electron chi connectivity index (χ3n) is 2.73. The number of aromatic nitrogens is 1. The van der Waals surface area contributed by atoms with Gasteiger partial charge in [0.1, 0.15) is 11.4 Å². The molecule has 0 radical (unpaired) electrons. The quantitative estimate of drug-likeness (QED) is 0.630. The normalized spacial score (nSPS) is 14.4. The van der Waals surface area contributed by atoms with Crippen LogP contribution in [0.3, 0.4) is 0 Å². The SMILES string of the molecule is Nc1cnc(NCCOCC2CC2)c(C(=O)O)c1. The number of pyridine rings is 1. The van der Waals surface area contributed by atoms with Crippen LogP contribution in [0.25, 0.3) is 0 Å². The molecule has 0 bridgehead atoms. The van der Waals surface area contributed by atoms with Crippen LogP contribution in [-0.2, 0) is 4.74 Å². The van der Waals surface area contributed by atoms with Crippen molar-refractivity contribution in [2.75, 3.05) is 30.8 Å². The van der Waals surface area contributed by atoms with Crippen molar-refractivity contribution in [3.05, 3.63) is 17.8 Å². The molecule has 1 heterocycles. The molecule has 0 atom stereocenters. The lowest BCUT2D eigenvalue weighted by Crippen LogP contribution is -2.14. The number of ether oxygens (including phenoxy) is 1. The zero-order valence-corrected chi connectivity index (χ0v) is 10.1. The van der Waals surface area contributed by atoms with E-state index in [1.165, 1.54) is 25.1 Å². The van der Waals surface area contributed by atoms with Gasteiger partial charge in [-0.25, -0.2) is 9.78 Å². The van der Waals surface area contributed by atoms with Gasteiger partial charge in [0.25, 0.3) is 0 Å². The minimum atomic E-state index is -1.05. The molecule has 1 aliphatic carbocycles. The van der Waals surface area contributed by atoms with Gasteiger partial charge in [-0.15, -0.1) is 0 Å². The van der Waals surface area contributed by atoms with Gasteiger partial charge in [-0.05, 0) is 24.8 Å². The molecule has 2 rings (SSSR count). The van der Waals surface area contributed by atoms with Gasteiger partial charge in [0, 0.05) is 13.2 Å². The maximum atomic E-state index is 11.0. The van der Waals surface area contributed by atoms with Crippen LogP contribution < -0.4 is 11.1 Å². The summed E-state index contributed by atoms with van der Waals surface area (Å²) in [7, 11) is 0. The summed E-state index contributed by atoms with van der Waals surface area (Å²) in [6.07, 6.45) is 3.95. The first-order valence-electron chi connectivity index (χ1n) is 5.97. The van der Waals surface area contributed by atoms with Crippen LogP contribution in [0.5, 0.6) is 0 Å². The molecular weight excluding hydrogens is 234 g/mol. The number of hydrogen-bond acceptors (Lipinski definition) is 5. The summed E-state index contributed by atoms with van der Waals surface area (Å²) < 4.78 is 5.44. The zero-order valence-electron chi connectivity index (χ0n) is 10.1. The molecule has 98 valence electrons. The first-order chi connectivity index (χ1) is 8.66. The molecule has 1 aromatic rings. The van der Waals surface area contributed by atoms with Crippen molar-refractivity contribution in [1.29, 1.82) is 0 Å². The van der Waals surface area contributed by atoms with E-state index in [1.54, 1.807) is 0 Å². The van der Waals surface area contributed by atoms with E-state index in [1.807, 2.05) is 0 Å². The van der Waals surface area contributed by atoms with Gasteiger partial charge >= 0.3 is 5.97 Å². The molecule has 0 amide bonds. The van der Waals surface area contributed by atoms with Crippen molar-refractivity contribution in [1.82, 2.24) is 4.98 Å². The molecule has 0 unspecified atom stereocenters. The van der Waals surface area contributed by atoms with E-state index < -0.39 is 5.97 Å². The third-order valence-corrected chi connectivity index (χ3v) is 2.73. The fourth-order valence-electron chi connectivity index (χ4n) is 1.56. The molecule has 0 saturated heterocycles. The second kappa shape index (κ2) is 5.68. The summed E-state index contributed by atoms with van der Waals surface area (Å²) >= 11 is 0. The van der Waals surface area contributed by atoms with Crippen molar-refractivity contribution in [3.63, 3.8) is 0 Å². The zero-order chi connectivity index (χ0) is 13.0. The van der Waals surface area contributed by atoms with Crippen molar-refractivity contribution >= 4 is 17.5 Å². The summed E-state index contributed by atoms with van der Waals surface area (Å²) in [6, 6.07) is 1.39. The summed E-state index contributed by atoms with van der Waals surface area (Å²) in [6.45, 7) is 1.87. The Morgan fingerprint density at radius 3 is 3.06 bits per heavy atom. The van der Waals surface area contributed by atoms with Crippen LogP contribution in [0.1, 0.15) is 23.2 Å². The number of carboxylic acid groups (broad SMARTS) is 1. The molecule has 1 fully saturated rings. The van der Waals surface area contributed by atoms with Crippen LogP contribution >= 0.6 is 0 Å². The van der Waals surface area contributed by atoms with Crippen LogP contribution in [0.4, 0.5) is 11.5 Å². The van der Waals surface area contributed by atoms with E-state index >= 15 is 0 Å². The summed E-state index contributed by atoms with van der Waals surface area (Å²) in [5.41, 5.74) is 5.92. The van der Waals surface area contributed by atoms with Gasteiger partial charge in [0.15, 0.2) is 0 Å². The van der Waals surface area contributed by atoms with Crippen molar-refractivity contribution in [2.45, 2.75) is 12.8 Å². The molecule has 6 nitrogen and oxygen atoms in total. The molecule has 0 aliphatic heterocycles. The maximum Gasteiger partial charge on any atom is 0.339 e. The van der Waals surface area contributed by atoms with Gasteiger partial charge in [0.2, 0.25) is 0 Å². The standard InChI is InChI=1S/C12H17N3O3/c13-9-5-10(12(16)17)11(15-6-9)14-3-4-18-7-8-1-2-8/h5-6,8H,1-4,7,13H2,(H,14,15)(H,16,17). The number of hydrogen-bond donors (Lipinski definition) is 3. The Kier molecular flexibility index (Phi) is 3.99. The van der Waals surface area contributed by atoms with E-state index in [4.69, 9.17) is 15.6 Å². The Labute approximate surface area is 105 Å². The second-order valence-corrected chi connectivity index (χ2v) is 4.42. The fourth-order valence-corrected chi connectivity index (χ4v) is 1.56. The van der Waals surface area contributed by atoms with E-state index in [0.717, 1.165) is 12.5 Å². The van der Waals surface area contributed by atoms with Crippen LogP contribution in [0.15, 0.2) is 12.3 Å². The topological polar surface area (TPSA) is 97.5 Å². The van der Waals surface area contributed by atoms with E-state index in [0.29, 0.717) is 24.7 Å². The predicted octanol–water partition coefficient (Wildman–Crippen LogP) is 1.20. The van der Waals surface area contributed by atoms with Crippen molar-refractivity contribution in [2.24, 2.45) is 5.92 Å². The van der Waals surface area contributed by atoms with Crippen molar-refractivity contribution in [3.8, 4) is 0 Å². The molecule has 1 aliphatic rings. The number of anilines is 2. The average molecular weight is 251 g/mol. The largest absolute Gasteiger partial charge is 0.478 e. The van der Waals surface area contributed by atoms with E-state index in [2.05, 4.69) is 10.3 Å². The molecule has 4 N–H and O–H groups in total. The molecule has 1 aromatic heterocycles. The monoisotopic (exact) mass is 251 g/mol. The molecule has 0 spiro atoms. The lowest BCUT2D eigenvalue weighted by Gasteiger charge is -2.09. The van der Waals surface area contributed by atoms with Crippen LogP contribution in [-0.4, -0.2) is 35.8 Å². The first-order valence-corrected chi connectivity index (χ1v) is 5.97. The average Bonchev–Trinajstić information content (AvgIpc) is 3.14. The lowest BCUT2D eigenvalue weighted by atomic mass is 10.2. The Hall–Kier alpha value is -1.82. The van der Waals surface area contributed by atoms with Gasteiger partial charge in [-0.3, -0.25) is 0 Å². The van der Waals surface area contributed by atoms with Gasteiger partial charge in [-0.1, -0.05) is 0 Å². The number of aromatic carboxylic acids is 1. The number of carbonyl (C=O) groups is 1. The molecule has 18 heavy (non-hydrogen) atoms. The molecule has 1 saturated carbocycles. The summed E-state index contributed by atoms with van der Waals surface area (Å²) in [5.74, 6) is 0.0112. The van der Waals surface area contributed by atoms with E-state index in [-0.39, 0.29) is 5.56 Å². The van der Waals surface area contributed by atoms with Gasteiger partial charge < -0.3 is 20.9 Å². The number of nitrogens with zero attached hydrogens (tertiary/aromatic N) is 1. The van der Waals surface area contributed by atoms with E-state index in [9.17, 15) is 4.79 Å². The maximum absolute atomic E-state index is 11.0. The van der Waals surface area contributed by atoms with Gasteiger partial charge in [-0.2, -0.15) is 0 Å². The fraction of sp³-hybridized carbons (Fsp3) is 0.500. The Balaban J connectivity index is 1.81. The summed E-state index contributed by atoms with van der Waals surface area (Å²) in [5, 5.41) is 12.0. The first kappa shape index (κ1) is 12.6. The molecular formula is C12H17N3O3. The highest BCUT2D eigenvalue weighted by atomic mass is 16.5. The third kappa shape index (κ3) is 3.59. The molecule has 0 aromatic carbocycles. The number of carboxylic acids is 1. The highest BCUT2D eigenvalue weighted by molar-refractivity contribution is 5.94. The number of nitrogens with one attached hydrogen (secondary N) is 1. The van der Waals surface area contributed by atoms with Gasteiger partial charge in [0.05, 0.1) is 18.5 Å². The number of rotatable bonds is 7. The smallest absolute Gasteiger partial charge is 0.339 e. The Morgan fingerprint density at radius 1 is 1.61 bits per heavy atom. The number of nitrogen functional groups attached to an aromatic ring is 1. The highest BCUT2D eigenvalue weighted by Crippen LogP contribution is 2.28. The highest BCUT2D eigenvalue weighted by Gasteiger charge is 2.20. The predicted molar refractivity (Wildman–Crippen MR) is 67.6 cm³/mol. The minimum absolute atomic E-state index is 0.0807.